The van der Waals surface area contributed by atoms with E-state index in [1.807, 2.05) is 31.3 Å². The fourth-order valence-electron chi connectivity index (χ4n) is 2.16. The van der Waals surface area contributed by atoms with E-state index in [0.717, 1.165) is 19.5 Å². The summed E-state index contributed by atoms with van der Waals surface area (Å²) < 4.78 is 0. The maximum Gasteiger partial charge on any atom is 0.313 e. The van der Waals surface area contributed by atoms with Gasteiger partial charge in [-0.15, -0.1) is 0 Å². The van der Waals surface area contributed by atoms with Crippen LogP contribution in [0, 0.1) is 0 Å². The zero-order chi connectivity index (χ0) is 14.5. The summed E-state index contributed by atoms with van der Waals surface area (Å²) in [4.78, 5) is 27.7. The SMILES string of the molecule is CCc1ccc(NC(=O)C(=O)N2CCN(C)CC2)cc1. The van der Waals surface area contributed by atoms with Gasteiger partial charge in [-0.2, -0.15) is 0 Å². The lowest BCUT2D eigenvalue weighted by atomic mass is 10.1. The smallest absolute Gasteiger partial charge is 0.313 e. The Morgan fingerprint density at radius 3 is 2.25 bits per heavy atom. The van der Waals surface area contributed by atoms with Crippen LogP contribution in [0.3, 0.4) is 0 Å². The highest BCUT2D eigenvalue weighted by atomic mass is 16.2. The average molecular weight is 275 g/mol. The molecule has 0 spiro atoms. The van der Waals surface area contributed by atoms with Gasteiger partial charge in [-0.25, -0.2) is 0 Å². The molecule has 0 saturated carbocycles. The lowest BCUT2D eigenvalue weighted by Crippen LogP contribution is -2.50. The van der Waals surface area contributed by atoms with Crippen LogP contribution in [0.4, 0.5) is 5.69 Å². The van der Waals surface area contributed by atoms with Gasteiger partial charge >= 0.3 is 11.8 Å². The molecule has 1 aliphatic heterocycles. The number of aryl methyl sites for hydroxylation is 1. The van der Waals surface area contributed by atoms with Crippen LogP contribution in [0.2, 0.25) is 0 Å². The number of likely N-dealkylation sites (N-methyl/N-ethyl adjacent to an activating group) is 1. The van der Waals surface area contributed by atoms with E-state index in [2.05, 4.69) is 17.1 Å². The number of anilines is 1. The Bertz CT molecular complexity index is 476. The van der Waals surface area contributed by atoms with E-state index in [9.17, 15) is 9.59 Å². The molecule has 1 heterocycles. The van der Waals surface area contributed by atoms with E-state index in [4.69, 9.17) is 0 Å². The van der Waals surface area contributed by atoms with Crippen molar-refractivity contribution in [2.75, 3.05) is 38.5 Å². The molecule has 0 unspecified atom stereocenters. The lowest BCUT2D eigenvalue weighted by Gasteiger charge is -2.31. The Kier molecular flexibility index (Phi) is 4.74. The second kappa shape index (κ2) is 6.52. The van der Waals surface area contributed by atoms with Crippen LogP contribution in [-0.4, -0.2) is 54.8 Å². The van der Waals surface area contributed by atoms with Gasteiger partial charge < -0.3 is 15.1 Å². The van der Waals surface area contributed by atoms with Gasteiger partial charge in [0.15, 0.2) is 0 Å². The topological polar surface area (TPSA) is 52.7 Å². The number of carbonyl (C=O) groups excluding carboxylic acids is 2. The molecule has 0 aromatic heterocycles. The summed E-state index contributed by atoms with van der Waals surface area (Å²) in [6.45, 7) is 4.91. The van der Waals surface area contributed by atoms with E-state index in [-0.39, 0.29) is 0 Å². The van der Waals surface area contributed by atoms with Crippen LogP contribution in [0.15, 0.2) is 24.3 Å². The van der Waals surface area contributed by atoms with Crippen molar-refractivity contribution >= 4 is 17.5 Å². The largest absolute Gasteiger partial charge is 0.332 e. The molecule has 1 saturated heterocycles. The lowest BCUT2D eigenvalue weighted by molar-refractivity contribution is -0.144. The third-order valence-corrected chi connectivity index (χ3v) is 3.60. The molecule has 0 aliphatic carbocycles. The molecule has 5 heteroatoms. The first-order chi connectivity index (χ1) is 9.60. The molecular formula is C15H21N3O2. The molecule has 0 radical (unpaired) electrons. The second-order valence-corrected chi connectivity index (χ2v) is 5.10. The van der Waals surface area contributed by atoms with E-state index < -0.39 is 11.8 Å². The van der Waals surface area contributed by atoms with Crippen molar-refractivity contribution in [3.63, 3.8) is 0 Å². The Balaban J connectivity index is 1.91. The quantitative estimate of drug-likeness (QED) is 0.818. The van der Waals surface area contributed by atoms with E-state index in [1.165, 1.54) is 5.56 Å². The third kappa shape index (κ3) is 3.57. The normalized spacial score (nSPS) is 16.0. The molecule has 1 aromatic carbocycles. The Morgan fingerprint density at radius 1 is 1.10 bits per heavy atom. The number of benzene rings is 1. The van der Waals surface area contributed by atoms with Gasteiger partial charge in [0.05, 0.1) is 0 Å². The van der Waals surface area contributed by atoms with Gasteiger partial charge in [-0.05, 0) is 31.2 Å². The van der Waals surface area contributed by atoms with Crippen LogP contribution in [0.1, 0.15) is 12.5 Å². The summed E-state index contributed by atoms with van der Waals surface area (Å²) in [5, 5.41) is 2.66. The van der Waals surface area contributed by atoms with Crippen molar-refractivity contribution in [3.05, 3.63) is 29.8 Å². The minimum Gasteiger partial charge on any atom is -0.332 e. The standard InChI is InChI=1S/C15H21N3O2/c1-3-12-4-6-13(7-5-12)16-14(19)15(20)18-10-8-17(2)9-11-18/h4-7H,3,8-11H2,1-2H3,(H,16,19). The molecule has 0 atom stereocenters. The highest BCUT2D eigenvalue weighted by Gasteiger charge is 2.24. The number of hydrogen-bond donors (Lipinski definition) is 1. The third-order valence-electron chi connectivity index (χ3n) is 3.60. The maximum atomic E-state index is 12.0. The number of nitrogens with zero attached hydrogens (tertiary/aromatic N) is 2. The molecule has 20 heavy (non-hydrogen) atoms. The maximum absolute atomic E-state index is 12.0. The van der Waals surface area contributed by atoms with Crippen molar-refractivity contribution in [3.8, 4) is 0 Å². The molecule has 1 aromatic rings. The molecule has 5 nitrogen and oxygen atoms in total. The summed E-state index contributed by atoms with van der Waals surface area (Å²) in [5.74, 6) is -1.00. The minimum atomic E-state index is -0.557. The van der Waals surface area contributed by atoms with E-state index in [0.29, 0.717) is 18.8 Å². The molecule has 0 bridgehead atoms. The average Bonchev–Trinajstić information content (AvgIpc) is 2.48. The van der Waals surface area contributed by atoms with Crippen molar-refractivity contribution in [2.45, 2.75) is 13.3 Å². The number of carbonyl (C=O) groups is 2. The van der Waals surface area contributed by atoms with Crippen LogP contribution >= 0.6 is 0 Å². The number of rotatable bonds is 2. The molecule has 2 rings (SSSR count). The van der Waals surface area contributed by atoms with Gasteiger partial charge in [0.1, 0.15) is 0 Å². The summed E-state index contributed by atoms with van der Waals surface area (Å²) in [6.07, 6.45) is 0.953. The molecule has 1 N–H and O–H groups in total. The van der Waals surface area contributed by atoms with Gasteiger partial charge in [0, 0.05) is 31.9 Å². The molecular weight excluding hydrogens is 254 g/mol. The number of nitrogens with one attached hydrogen (secondary N) is 1. The van der Waals surface area contributed by atoms with Gasteiger partial charge in [0.25, 0.3) is 0 Å². The number of hydrogen-bond acceptors (Lipinski definition) is 3. The van der Waals surface area contributed by atoms with Gasteiger partial charge in [-0.1, -0.05) is 19.1 Å². The predicted molar refractivity (Wildman–Crippen MR) is 78.5 cm³/mol. The fraction of sp³-hybridized carbons (Fsp3) is 0.467. The summed E-state index contributed by atoms with van der Waals surface area (Å²) >= 11 is 0. The summed E-state index contributed by atoms with van der Waals surface area (Å²) in [7, 11) is 2.01. The van der Waals surface area contributed by atoms with E-state index in [1.54, 1.807) is 4.90 Å². The van der Waals surface area contributed by atoms with Crippen molar-refractivity contribution in [2.24, 2.45) is 0 Å². The van der Waals surface area contributed by atoms with Crippen molar-refractivity contribution in [1.82, 2.24) is 9.80 Å². The first-order valence-corrected chi connectivity index (χ1v) is 6.98. The Labute approximate surface area is 119 Å². The van der Waals surface area contributed by atoms with Gasteiger partial charge in [0.2, 0.25) is 0 Å². The van der Waals surface area contributed by atoms with Crippen LogP contribution in [0.25, 0.3) is 0 Å². The highest BCUT2D eigenvalue weighted by molar-refractivity contribution is 6.39. The minimum absolute atomic E-state index is 0.447. The molecule has 1 aliphatic rings. The fourth-order valence-corrected chi connectivity index (χ4v) is 2.16. The van der Waals surface area contributed by atoms with Crippen LogP contribution in [0.5, 0.6) is 0 Å². The highest BCUT2D eigenvalue weighted by Crippen LogP contribution is 2.10. The number of amides is 2. The first kappa shape index (κ1) is 14.5. The number of piperazine rings is 1. The van der Waals surface area contributed by atoms with Crippen molar-refractivity contribution < 1.29 is 9.59 Å². The second-order valence-electron chi connectivity index (χ2n) is 5.10. The monoisotopic (exact) mass is 275 g/mol. The summed E-state index contributed by atoms with van der Waals surface area (Å²) in [5.41, 5.74) is 1.86. The zero-order valence-electron chi connectivity index (χ0n) is 12.1. The Morgan fingerprint density at radius 2 is 1.70 bits per heavy atom. The predicted octanol–water partition coefficient (Wildman–Crippen LogP) is 0.961. The summed E-state index contributed by atoms with van der Waals surface area (Å²) in [6, 6.07) is 7.56. The van der Waals surface area contributed by atoms with Crippen LogP contribution < -0.4 is 5.32 Å². The van der Waals surface area contributed by atoms with Crippen molar-refractivity contribution in [1.29, 1.82) is 0 Å². The van der Waals surface area contributed by atoms with Gasteiger partial charge in [-0.3, -0.25) is 9.59 Å². The molecule has 108 valence electrons. The van der Waals surface area contributed by atoms with Crippen LogP contribution in [-0.2, 0) is 16.0 Å². The Hall–Kier alpha value is -1.88. The molecule has 2 amide bonds. The first-order valence-electron chi connectivity index (χ1n) is 6.98. The van der Waals surface area contributed by atoms with E-state index >= 15 is 0 Å². The molecule has 1 fully saturated rings. The zero-order valence-corrected chi connectivity index (χ0v) is 12.1.